The molecule has 168 valence electrons. The van der Waals surface area contributed by atoms with Crippen molar-refractivity contribution in [1.29, 1.82) is 0 Å². The number of fused-ring (bicyclic) bond motifs is 3. The van der Waals surface area contributed by atoms with Crippen LogP contribution in [0.3, 0.4) is 0 Å². The predicted molar refractivity (Wildman–Crippen MR) is 119 cm³/mol. The summed E-state index contributed by atoms with van der Waals surface area (Å²) >= 11 is 0. The first-order valence-electron chi connectivity index (χ1n) is 10.8. The van der Waals surface area contributed by atoms with Crippen LogP contribution in [0.2, 0.25) is 0 Å². The van der Waals surface area contributed by atoms with Gasteiger partial charge in [0, 0.05) is 32.7 Å². The summed E-state index contributed by atoms with van der Waals surface area (Å²) in [7, 11) is 1.56. The Kier molecular flexibility index (Phi) is 5.98. The van der Waals surface area contributed by atoms with Gasteiger partial charge in [-0.25, -0.2) is 0 Å². The number of hydrogen-bond donors (Lipinski definition) is 0. The Labute approximate surface area is 185 Å². The molecule has 2 aliphatic heterocycles. The van der Waals surface area contributed by atoms with E-state index in [1.165, 1.54) is 6.26 Å². The Balaban J connectivity index is 1.38. The lowest BCUT2D eigenvalue weighted by atomic mass is 10.1. The molecule has 0 unspecified atom stereocenters. The van der Waals surface area contributed by atoms with Crippen molar-refractivity contribution in [2.24, 2.45) is 0 Å². The first kappa shape index (κ1) is 20.8. The van der Waals surface area contributed by atoms with Gasteiger partial charge in [-0.1, -0.05) is 12.1 Å². The highest BCUT2D eigenvalue weighted by Gasteiger charge is 2.24. The van der Waals surface area contributed by atoms with Crippen LogP contribution in [0.5, 0.6) is 23.0 Å². The van der Waals surface area contributed by atoms with Gasteiger partial charge in [-0.05, 0) is 24.3 Å². The van der Waals surface area contributed by atoms with Gasteiger partial charge >= 0.3 is 0 Å². The lowest BCUT2D eigenvalue weighted by molar-refractivity contribution is 0.0241. The molecule has 1 saturated heterocycles. The summed E-state index contributed by atoms with van der Waals surface area (Å²) in [6.07, 6.45) is 1.37. The van der Waals surface area contributed by atoms with Crippen LogP contribution in [0, 0.1) is 0 Å². The number of para-hydroxylation sites is 2. The smallest absolute Gasteiger partial charge is 0.235 e. The van der Waals surface area contributed by atoms with E-state index in [1.54, 1.807) is 25.3 Å². The Morgan fingerprint density at radius 3 is 2.56 bits per heavy atom. The van der Waals surface area contributed by atoms with Gasteiger partial charge in [-0.3, -0.25) is 14.6 Å². The van der Waals surface area contributed by atoms with Crippen molar-refractivity contribution >= 4 is 11.0 Å². The van der Waals surface area contributed by atoms with E-state index >= 15 is 0 Å². The van der Waals surface area contributed by atoms with E-state index in [0.29, 0.717) is 35.7 Å². The van der Waals surface area contributed by atoms with Gasteiger partial charge in [0.25, 0.3) is 0 Å². The number of nitrogens with zero attached hydrogens (tertiary/aromatic N) is 2. The van der Waals surface area contributed by atoms with Crippen molar-refractivity contribution in [2.75, 3.05) is 53.2 Å². The summed E-state index contributed by atoms with van der Waals surface area (Å²) in [6.45, 7) is 6.48. The molecule has 0 spiro atoms. The summed E-state index contributed by atoms with van der Waals surface area (Å²) in [5.41, 5.74) is 1.19. The third-order valence-electron chi connectivity index (χ3n) is 5.88. The molecular formula is C24H26N2O6. The summed E-state index contributed by atoms with van der Waals surface area (Å²) < 4.78 is 28.4. The first-order chi connectivity index (χ1) is 15.7. The Hall–Kier alpha value is -3.07. The molecule has 5 rings (SSSR count). The van der Waals surface area contributed by atoms with E-state index in [2.05, 4.69) is 9.80 Å². The van der Waals surface area contributed by atoms with Crippen LogP contribution in [-0.2, 0) is 11.3 Å². The van der Waals surface area contributed by atoms with Gasteiger partial charge in [0.15, 0.2) is 11.5 Å². The molecule has 0 atom stereocenters. The predicted octanol–water partition coefficient (Wildman–Crippen LogP) is 3.08. The number of rotatable bonds is 6. The van der Waals surface area contributed by atoms with Crippen LogP contribution in [0.15, 0.2) is 51.9 Å². The third-order valence-corrected chi connectivity index (χ3v) is 5.88. The zero-order valence-corrected chi connectivity index (χ0v) is 18.0. The van der Waals surface area contributed by atoms with Crippen molar-refractivity contribution in [3.05, 3.63) is 58.4 Å². The average Bonchev–Trinajstić information content (AvgIpc) is 2.85. The number of ether oxygens (including phenoxy) is 4. The lowest BCUT2D eigenvalue weighted by Crippen LogP contribution is -2.43. The second-order valence-corrected chi connectivity index (χ2v) is 7.88. The standard InChI is InChI=1S/C24H26N2O6/c1-28-20-4-2-3-5-21(20)32-22-15-30-24-17(23(22)27)6-7-19-18(24)14-26(16-31-19)9-8-25-10-12-29-13-11-25/h2-7,15H,8-14,16H2,1H3. The van der Waals surface area contributed by atoms with Crippen LogP contribution in [-0.4, -0.2) is 63.0 Å². The highest BCUT2D eigenvalue weighted by atomic mass is 16.5. The topological polar surface area (TPSA) is 73.6 Å². The SMILES string of the molecule is COc1ccccc1Oc1coc2c3c(ccc2c1=O)OCN(CCN1CCOCC1)C3. The first-order valence-corrected chi connectivity index (χ1v) is 10.8. The average molecular weight is 438 g/mol. The molecule has 0 radical (unpaired) electrons. The molecule has 1 fully saturated rings. The zero-order chi connectivity index (χ0) is 21.9. The Bertz CT molecular complexity index is 1150. The maximum absolute atomic E-state index is 13.1. The highest BCUT2D eigenvalue weighted by molar-refractivity contribution is 5.83. The van der Waals surface area contributed by atoms with Gasteiger partial charge in [-0.2, -0.15) is 0 Å². The monoisotopic (exact) mass is 438 g/mol. The second-order valence-electron chi connectivity index (χ2n) is 7.88. The molecule has 3 heterocycles. The minimum Gasteiger partial charge on any atom is -0.493 e. The van der Waals surface area contributed by atoms with Crippen molar-refractivity contribution in [3.63, 3.8) is 0 Å². The van der Waals surface area contributed by atoms with Crippen LogP contribution in [0.1, 0.15) is 5.56 Å². The van der Waals surface area contributed by atoms with Gasteiger partial charge < -0.3 is 23.4 Å². The maximum atomic E-state index is 13.1. The van der Waals surface area contributed by atoms with Crippen molar-refractivity contribution in [3.8, 4) is 23.0 Å². The van der Waals surface area contributed by atoms with Gasteiger partial charge in [0.2, 0.25) is 11.2 Å². The Morgan fingerprint density at radius 2 is 1.75 bits per heavy atom. The molecular weight excluding hydrogens is 412 g/mol. The summed E-state index contributed by atoms with van der Waals surface area (Å²) in [4.78, 5) is 17.7. The van der Waals surface area contributed by atoms with E-state index in [1.807, 2.05) is 18.2 Å². The van der Waals surface area contributed by atoms with Gasteiger partial charge in [0.05, 0.1) is 31.3 Å². The highest BCUT2D eigenvalue weighted by Crippen LogP contribution is 2.34. The molecule has 8 nitrogen and oxygen atoms in total. The maximum Gasteiger partial charge on any atom is 0.235 e. The fourth-order valence-electron chi connectivity index (χ4n) is 4.08. The number of hydrogen-bond acceptors (Lipinski definition) is 8. The molecule has 0 aliphatic carbocycles. The molecule has 2 aliphatic rings. The van der Waals surface area contributed by atoms with Gasteiger partial charge in [-0.15, -0.1) is 0 Å². The Morgan fingerprint density at radius 1 is 0.969 bits per heavy atom. The van der Waals surface area contributed by atoms with Crippen LogP contribution >= 0.6 is 0 Å². The fourth-order valence-corrected chi connectivity index (χ4v) is 4.08. The van der Waals surface area contributed by atoms with E-state index in [-0.39, 0.29) is 11.2 Å². The molecule has 8 heteroatoms. The summed E-state index contributed by atoms with van der Waals surface area (Å²) in [5, 5.41) is 0.467. The normalized spacial score (nSPS) is 17.0. The third kappa shape index (κ3) is 4.17. The van der Waals surface area contributed by atoms with Crippen LogP contribution < -0.4 is 19.6 Å². The molecule has 2 aromatic carbocycles. The van der Waals surface area contributed by atoms with E-state index in [9.17, 15) is 4.79 Å². The van der Waals surface area contributed by atoms with E-state index in [0.717, 1.165) is 50.7 Å². The summed E-state index contributed by atoms with van der Waals surface area (Å²) in [5.74, 6) is 1.86. The lowest BCUT2D eigenvalue weighted by Gasteiger charge is -2.32. The number of morpholine rings is 1. The minimum absolute atomic E-state index is 0.114. The van der Waals surface area contributed by atoms with Crippen LogP contribution in [0.25, 0.3) is 11.0 Å². The number of benzene rings is 2. The summed E-state index contributed by atoms with van der Waals surface area (Å²) in [6, 6.07) is 10.7. The molecule has 3 aromatic rings. The molecule has 32 heavy (non-hydrogen) atoms. The van der Waals surface area contributed by atoms with Crippen molar-refractivity contribution in [1.82, 2.24) is 9.80 Å². The van der Waals surface area contributed by atoms with Crippen molar-refractivity contribution < 1.29 is 23.4 Å². The van der Waals surface area contributed by atoms with E-state index in [4.69, 9.17) is 23.4 Å². The second kappa shape index (κ2) is 9.20. The van der Waals surface area contributed by atoms with Crippen molar-refractivity contribution in [2.45, 2.75) is 6.54 Å². The molecule has 1 aromatic heterocycles. The quantitative estimate of drug-likeness (QED) is 0.581. The largest absolute Gasteiger partial charge is 0.493 e. The minimum atomic E-state index is -0.231. The fraction of sp³-hybridized carbons (Fsp3) is 0.375. The molecule has 0 amide bonds. The zero-order valence-electron chi connectivity index (χ0n) is 18.0. The molecule has 0 saturated carbocycles. The molecule has 0 bridgehead atoms. The van der Waals surface area contributed by atoms with Gasteiger partial charge in [0.1, 0.15) is 24.3 Å². The van der Waals surface area contributed by atoms with Crippen LogP contribution in [0.4, 0.5) is 0 Å². The van der Waals surface area contributed by atoms with E-state index < -0.39 is 0 Å². The number of methoxy groups -OCH3 is 1. The molecule has 0 N–H and O–H groups in total.